The largest absolute Gasteiger partial charge is 0.481 e. The van der Waals surface area contributed by atoms with E-state index in [1.807, 2.05) is 0 Å². The van der Waals surface area contributed by atoms with Gasteiger partial charge in [0.05, 0.1) is 16.8 Å². The number of anilines is 1. The fourth-order valence-electron chi connectivity index (χ4n) is 1.52. The number of urea groups is 1. The van der Waals surface area contributed by atoms with Gasteiger partial charge in [-0.2, -0.15) is 5.10 Å². The Kier molecular flexibility index (Phi) is 3.32. The van der Waals surface area contributed by atoms with E-state index in [0.29, 0.717) is 24.2 Å². The number of amides is 2. The highest BCUT2D eigenvalue weighted by Crippen LogP contribution is 2.45. The van der Waals surface area contributed by atoms with Crippen molar-refractivity contribution in [1.29, 1.82) is 0 Å². The minimum absolute atomic E-state index is 0.0979. The fraction of sp³-hybridized carbons (Fsp3) is 0.545. The Hall–Kier alpha value is -2.25. The second-order valence-electron chi connectivity index (χ2n) is 4.70. The topological polar surface area (TPSA) is 117 Å². The number of aliphatic carboxylic acids is 1. The summed E-state index contributed by atoms with van der Waals surface area (Å²) in [5.74, 6) is -0.780. The van der Waals surface area contributed by atoms with E-state index < -0.39 is 17.4 Å². The average molecular weight is 265 g/mol. The van der Waals surface area contributed by atoms with Crippen molar-refractivity contribution in [2.75, 3.05) is 11.9 Å². The molecule has 2 amide bonds. The molecule has 3 N–H and O–H groups in total. The highest BCUT2D eigenvalue weighted by molar-refractivity contribution is 5.88. The number of carboxylic acid groups (broad SMARTS) is 1. The number of carboxylic acids is 1. The van der Waals surface area contributed by atoms with Gasteiger partial charge in [0.1, 0.15) is 0 Å². The number of aromatic nitrogens is 3. The van der Waals surface area contributed by atoms with Crippen LogP contribution in [0.1, 0.15) is 24.2 Å². The first-order valence-corrected chi connectivity index (χ1v) is 5.89. The summed E-state index contributed by atoms with van der Waals surface area (Å²) in [7, 11) is 0. The maximum absolute atomic E-state index is 11.6. The molecule has 0 unspecified atom stereocenters. The summed E-state index contributed by atoms with van der Waals surface area (Å²) in [5, 5.41) is 21.5. The van der Waals surface area contributed by atoms with E-state index in [0.717, 1.165) is 0 Å². The van der Waals surface area contributed by atoms with Crippen molar-refractivity contribution in [1.82, 2.24) is 20.5 Å². The van der Waals surface area contributed by atoms with Crippen molar-refractivity contribution in [3.8, 4) is 0 Å². The van der Waals surface area contributed by atoms with Gasteiger partial charge in [-0.15, -0.1) is 5.10 Å². The van der Waals surface area contributed by atoms with Crippen LogP contribution in [0.2, 0.25) is 0 Å². The molecule has 0 saturated heterocycles. The summed E-state index contributed by atoms with van der Waals surface area (Å²) in [5.41, 5.74) is 0.572. The zero-order valence-corrected chi connectivity index (χ0v) is 10.7. The monoisotopic (exact) mass is 265 g/mol. The summed E-state index contributed by atoms with van der Waals surface area (Å²) >= 11 is 0. The van der Waals surface area contributed by atoms with E-state index in [-0.39, 0.29) is 12.5 Å². The van der Waals surface area contributed by atoms with E-state index in [2.05, 4.69) is 25.8 Å². The molecule has 1 fully saturated rings. The number of carbonyl (C=O) groups is 2. The molecule has 0 aliphatic heterocycles. The van der Waals surface area contributed by atoms with Crippen LogP contribution < -0.4 is 10.6 Å². The van der Waals surface area contributed by atoms with Gasteiger partial charge in [-0.3, -0.25) is 10.1 Å². The highest BCUT2D eigenvalue weighted by Gasteiger charge is 2.50. The molecule has 19 heavy (non-hydrogen) atoms. The van der Waals surface area contributed by atoms with Gasteiger partial charge >= 0.3 is 12.0 Å². The Morgan fingerprint density at radius 2 is 1.95 bits per heavy atom. The maximum atomic E-state index is 11.6. The first-order chi connectivity index (χ1) is 8.93. The van der Waals surface area contributed by atoms with Crippen LogP contribution in [-0.2, 0) is 4.79 Å². The molecule has 0 bridgehead atoms. The normalized spacial score (nSPS) is 15.7. The number of nitrogens with one attached hydrogen (secondary N) is 2. The van der Waals surface area contributed by atoms with Crippen molar-refractivity contribution in [2.45, 2.75) is 26.7 Å². The third-order valence-electron chi connectivity index (χ3n) is 3.21. The molecule has 0 spiro atoms. The second kappa shape index (κ2) is 4.79. The Balaban J connectivity index is 1.88. The van der Waals surface area contributed by atoms with Crippen LogP contribution in [-0.4, -0.2) is 38.8 Å². The molecule has 0 radical (unpaired) electrons. The Labute approximate surface area is 109 Å². The van der Waals surface area contributed by atoms with Crippen molar-refractivity contribution in [3.05, 3.63) is 11.4 Å². The van der Waals surface area contributed by atoms with Crippen LogP contribution in [0.4, 0.5) is 10.7 Å². The smallest absolute Gasteiger partial charge is 0.321 e. The maximum Gasteiger partial charge on any atom is 0.321 e. The van der Waals surface area contributed by atoms with Crippen LogP contribution in [0.5, 0.6) is 0 Å². The molecular weight excluding hydrogens is 250 g/mol. The molecule has 8 heteroatoms. The second-order valence-corrected chi connectivity index (χ2v) is 4.70. The van der Waals surface area contributed by atoms with E-state index in [9.17, 15) is 9.59 Å². The Bertz CT molecular complexity index is 527. The molecule has 1 heterocycles. The van der Waals surface area contributed by atoms with Crippen LogP contribution >= 0.6 is 0 Å². The van der Waals surface area contributed by atoms with E-state index >= 15 is 0 Å². The standard InChI is InChI=1S/C11H15N5O3/c1-6-7(2)15-16-9(13-6)14-10(19)12-5-11(3-4-11)8(17)18/h3-5H2,1-2H3,(H,17,18)(H2,12,13,14,16,19). The molecule has 1 saturated carbocycles. The first-order valence-electron chi connectivity index (χ1n) is 5.89. The molecule has 1 aromatic heterocycles. The number of nitrogens with zero attached hydrogens (tertiary/aromatic N) is 3. The zero-order chi connectivity index (χ0) is 14.0. The van der Waals surface area contributed by atoms with E-state index in [1.165, 1.54) is 0 Å². The Morgan fingerprint density at radius 1 is 1.26 bits per heavy atom. The summed E-state index contributed by atoms with van der Waals surface area (Å²) in [6.07, 6.45) is 1.18. The number of hydrogen-bond acceptors (Lipinski definition) is 5. The molecule has 0 atom stereocenters. The number of aryl methyl sites for hydroxylation is 2. The SMILES string of the molecule is Cc1nnc(NC(=O)NCC2(C(=O)O)CC2)nc1C. The molecule has 0 aromatic carbocycles. The van der Waals surface area contributed by atoms with Crippen LogP contribution in [0.3, 0.4) is 0 Å². The van der Waals surface area contributed by atoms with Crippen molar-refractivity contribution in [2.24, 2.45) is 5.41 Å². The van der Waals surface area contributed by atoms with Gasteiger partial charge in [-0.1, -0.05) is 0 Å². The number of hydrogen-bond donors (Lipinski definition) is 3. The van der Waals surface area contributed by atoms with Gasteiger partial charge in [0.2, 0.25) is 0 Å². The predicted octanol–water partition coefficient (Wildman–Crippen LogP) is 0.475. The zero-order valence-electron chi connectivity index (χ0n) is 10.7. The molecule has 1 aliphatic rings. The lowest BCUT2D eigenvalue weighted by atomic mass is 10.1. The third-order valence-corrected chi connectivity index (χ3v) is 3.21. The third kappa shape index (κ3) is 2.95. The van der Waals surface area contributed by atoms with Crippen molar-refractivity contribution >= 4 is 17.9 Å². The van der Waals surface area contributed by atoms with Crippen molar-refractivity contribution in [3.63, 3.8) is 0 Å². The summed E-state index contributed by atoms with van der Waals surface area (Å²) < 4.78 is 0. The average Bonchev–Trinajstić information content (AvgIpc) is 3.13. The van der Waals surface area contributed by atoms with Crippen LogP contribution in [0.15, 0.2) is 0 Å². The van der Waals surface area contributed by atoms with Gasteiger partial charge in [-0.05, 0) is 26.7 Å². The highest BCUT2D eigenvalue weighted by atomic mass is 16.4. The van der Waals surface area contributed by atoms with Crippen LogP contribution in [0, 0.1) is 19.3 Å². The van der Waals surface area contributed by atoms with E-state index in [1.54, 1.807) is 13.8 Å². The number of rotatable bonds is 4. The van der Waals surface area contributed by atoms with Gasteiger partial charge < -0.3 is 10.4 Å². The lowest BCUT2D eigenvalue weighted by Crippen LogP contribution is -2.37. The fourth-order valence-corrected chi connectivity index (χ4v) is 1.52. The summed E-state index contributed by atoms with van der Waals surface area (Å²) in [4.78, 5) is 26.6. The minimum atomic E-state index is -0.878. The van der Waals surface area contributed by atoms with Gasteiger partial charge in [-0.25, -0.2) is 9.78 Å². The van der Waals surface area contributed by atoms with Gasteiger partial charge in [0.25, 0.3) is 5.95 Å². The lowest BCUT2D eigenvalue weighted by molar-refractivity contribution is -0.143. The van der Waals surface area contributed by atoms with Crippen molar-refractivity contribution < 1.29 is 14.7 Å². The molecular formula is C11H15N5O3. The Morgan fingerprint density at radius 3 is 2.47 bits per heavy atom. The summed E-state index contributed by atoms with van der Waals surface area (Å²) in [6.45, 7) is 3.63. The first kappa shape index (κ1) is 13.2. The number of carbonyl (C=O) groups excluding carboxylic acids is 1. The quantitative estimate of drug-likeness (QED) is 0.728. The summed E-state index contributed by atoms with van der Waals surface area (Å²) in [6, 6.07) is -0.530. The minimum Gasteiger partial charge on any atom is -0.481 e. The molecule has 102 valence electrons. The van der Waals surface area contributed by atoms with Gasteiger partial charge in [0, 0.05) is 6.54 Å². The molecule has 8 nitrogen and oxygen atoms in total. The van der Waals surface area contributed by atoms with Gasteiger partial charge in [0.15, 0.2) is 0 Å². The lowest BCUT2D eigenvalue weighted by Gasteiger charge is -2.11. The molecule has 1 aromatic rings. The van der Waals surface area contributed by atoms with E-state index in [4.69, 9.17) is 5.11 Å². The molecule has 1 aliphatic carbocycles. The molecule has 2 rings (SSSR count). The van der Waals surface area contributed by atoms with Crippen LogP contribution in [0.25, 0.3) is 0 Å². The predicted molar refractivity (Wildman–Crippen MR) is 65.6 cm³/mol.